The Balaban J connectivity index is 2.10. The highest BCUT2D eigenvalue weighted by atomic mass is 35.5. The second-order valence-electron chi connectivity index (χ2n) is 4.97. The van der Waals surface area contributed by atoms with Crippen molar-refractivity contribution < 1.29 is 13.2 Å². The van der Waals surface area contributed by atoms with Gasteiger partial charge in [-0.05, 0) is 18.2 Å². The van der Waals surface area contributed by atoms with E-state index < -0.39 is 17.4 Å². The van der Waals surface area contributed by atoms with Crippen molar-refractivity contribution in [3.63, 3.8) is 0 Å². The van der Waals surface area contributed by atoms with Crippen molar-refractivity contribution in [3.8, 4) is 22.8 Å². The summed E-state index contributed by atoms with van der Waals surface area (Å²) < 4.78 is 32.7. The van der Waals surface area contributed by atoms with Crippen LogP contribution < -0.4 is 5.76 Å². The smallest absolute Gasteiger partial charge is 0.388 e. The predicted octanol–water partition coefficient (Wildman–Crippen LogP) is 3.50. The SMILES string of the molecule is O=c1[nH]nc(-c2c(-c3ccc(Cl)cn3)[nH]c3c(F)cc(F)cc23)o1. The van der Waals surface area contributed by atoms with Crippen LogP contribution >= 0.6 is 11.6 Å². The Labute approximate surface area is 137 Å². The minimum absolute atomic E-state index is 0.0452. The fourth-order valence-electron chi connectivity index (χ4n) is 2.49. The van der Waals surface area contributed by atoms with Gasteiger partial charge in [0, 0.05) is 17.6 Å². The van der Waals surface area contributed by atoms with E-state index in [4.69, 9.17) is 16.0 Å². The van der Waals surface area contributed by atoms with Gasteiger partial charge >= 0.3 is 5.76 Å². The summed E-state index contributed by atoms with van der Waals surface area (Å²) in [5, 5.41) is 6.46. The number of pyridine rings is 1. The van der Waals surface area contributed by atoms with Crippen LogP contribution in [0.1, 0.15) is 0 Å². The van der Waals surface area contributed by atoms with Crippen LogP contribution in [0.25, 0.3) is 33.7 Å². The van der Waals surface area contributed by atoms with Crippen molar-refractivity contribution in [2.45, 2.75) is 0 Å². The third-order valence-electron chi connectivity index (χ3n) is 3.46. The van der Waals surface area contributed by atoms with Crippen molar-refractivity contribution in [2.75, 3.05) is 0 Å². The Kier molecular flexibility index (Phi) is 3.20. The van der Waals surface area contributed by atoms with Crippen LogP contribution in [-0.4, -0.2) is 20.2 Å². The van der Waals surface area contributed by atoms with Crippen molar-refractivity contribution in [2.24, 2.45) is 0 Å². The number of benzene rings is 1. The summed E-state index contributed by atoms with van der Waals surface area (Å²) in [6, 6.07) is 5.06. The molecular formula is C15H7ClF2N4O2. The molecule has 6 nitrogen and oxygen atoms in total. The zero-order valence-corrected chi connectivity index (χ0v) is 12.5. The molecule has 9 heteroatoms. The lowest BCUT2D eigenvalue weighted by molar-refractivity contribution is 0.527. The molecule has 3 heterocycles. The summed E-state index contributed by atoms with van der Waals surface area (Å²) in [5.74, 6) is -2.45. The lowest BCUT2D eigenvalue weighted by Gasteiger charge is -2.00. The summed E-state index contributed by atoms with van der Waals surface area (Å²) in [6.45, 7) is 0. The molecule has 4 rings (SSSR count). The van der Waals surface area contributed by atoms with E-state index in [2.05, 4.69) is 20.2 Å². The highest BCUT2D eigenvalue weighted by molar-refractivity contribution is 6.30. The van der Waals surface area contributed by atoms with Crippen molar-refractivity contribution in [1.29, 1.82) is 0 Å². The molecule has 0 unspecified atom stereocenters. The summed E-state index contributed by atoms with van der Waals surface area (Å²) in [5.41, 5.74) is 0.984. The minimum atomic E-state index is -0.788. The first-order valence-electron chi connectivity index (χ1n) is 6.71. The van der Waals surface area contributed by atoms with E-state index in [-0.39, 0.29) is 22.4 Å². The van der Waals surface area contributed by atoms with Crippen LogP contribution in [0.3, 0.4) is 0 Å². The van der Waals surface area contributed by atoms with Crippen LogP contribution in [0.4, 0.5) is 8.78 Å². The van der Waals surface area contributed by atoms with Gasteiger partial charge in [-0.2, -0.15) is 0 Å². The lowest BCUT2D eigenvalue weighted by Crippen LogP contribution is -1.93. The summed E-state index contributed by atoms with van der Waals surface area (Å²) >= 11 is 5.82. The van der Waals surface area contributed by atoms with Gasteiger partial charge in [0.15, 0.2) is 0 Å². The molecule has 3 aromatic heterocycles. The molecule has 120 valence electrons. The molecule has 4 aromatic rings. The van der Waals surface area contributed by atoms with Crippen LogP contribution in [-0.2, 0) is 0 Å². The van der Waals surface area contributed by atoms with Crippen molar-refractivity contribution in [1.82, 2.24) is 20.2 Å². The normalized spacial score (nSPS) is 11.3. The molecule has 0 amide bonds. The molecule has 0 saturated heterocycles. The van der Waals surface area contributed by atoms with E-state index in [9.17, 15) is 13.6 Å². The number of halogens is 3. The fraction of sp³-hybridized carbons (Fsp3) is 0. The number of hydrogen-bond donors (Lipinski definition) is 2. The molecule has 0 aliphatic carbocycles. The number of rotatable bonds is 2. The van der Waals surface area contributed by atoms with Gasteiger partial charge in [0.25, 0.3) is 5.89 Å². The van der Waals surface area contributed by atoms with Gasteiger partial charge in [-0.3, -0.25) is 4.98 Å². The molecule has 1 aromatic carbocycles. The van der Waals surface area contributed by atoms with Gasteiger partial charge in [-0.1, -0.05) is 11.6 Å². The van der Waals surface area contributed by atoms with Gasteiger partial charge in [-0.15, -0.1) is 5.10 Å². The highest BCUT2D eigenvalue weighted by Gasteiger charge is 2.22. The number of hydrogen-bond acceptors (Lipinski definition) is 4. The summed E-state index contributed by atoms with van der Waals surface area (Å²) in [7, 11) is 0. The Hall–Kier alpha value is -3.00. The Morgan fingerprint density at radius 1 is 1.21 bits per heavy atom. The van der Waals surface area contributed by atoms with E-state index in [1.165, 1.54) is 6.20 Å². The van der Waals surface area contributed by atoms with Crippen molar-refractivity contribution >= 4 is 22.5 Å². The first kappa shape index (κ1) is 14.6. The first-order chi connectivity index (χ1) is 11.5. The largest absolute Gasteiger partial charge is 0.434 e. The van der Waals surface area contributed by atoms with E-state index >= 15 is 0 Å². The van der Waals surface area contributed by atoms with E-state index in [0.29, 0.717) is 16.4 Å². The highest BCUT2D eigenvalue weighted by Crippen LogP contribution is 2.37. The van der Waals surface area contributed by atoms with Gasteiger partial charge < -0.3 is 9.40 Å². The third kappa shape index (κ3) is 2.28. The molecule has 0 radical (unpaired) electrons. The van der Waals surface area contributed by atoms with E-state index in [1.807, 2.05) is 0 Å². The summed E-state index contributed by atoms with van der Waals surface area (Å²) in [6.07, 6.45) is 1.41. The maximum absolute atomic E-state index is 14.1. The van der Waals surface area contributed by atoms with Gasteiger partial charge in [0.05, 0.1) is 27.5 Å². The van der Waals surface area contributed by atoms with Crippen LogP contribution in [0.5, 0.6) is 0 Å². The molecule has 0 atom stereocenters. The molecule has 0 spiro atoms. The molecule has 2 N–H and O–H groups in total. The summed E-state index contributed by atoms with van der Waals surface area (Å²) in [4.78, 5) is 18.3. The van der Waals surface area contributed by atoms with Gasteiger partial charge in [-0.25, -0.2) is 18.7 Å². The zero-order valence-electron chi connectivity index (χ0n) is 11.7. The van der Waals surface area contributed by atoms with Crippen LogP contribution in [0, 0.1) is 11.6 Å². The first-order valence-corrected chi connectivity index (χ1v) is 7.09. The third-order valence-corrected chi connectivity index (χ3v) is 3.68. The quantitative estimate of drug-likeness (QED) is 0.580. The van der Waals surface area contributed by atoms with Gasteiger partial charge in [0.1, 0.15) is 11.6 Å². The second-order valence-corrected chi connectivity index (χ2v) is 5.40. The minimum Gasteiger partial charge on any atom is -0.388 e. The molecule has 0 saturated carbocycles. The standard InChI is InChI=1S/C15H7ClF2N4O2/c16-6-1-2-10(19-5-6)13-11(14-21-22-15(23)24-14)8-3-7(17)4-9(18)12(8)20-13/h1-5,20H,(H,22,23). The molecule has 0 aliphatic heterocycles. The number of aromatic amines is 2. The number of aromatic nitrogens is 4. The van der Waals surface area contributed by atoms with E-state index in [1.54, 1.807) is 12.1 Å². The number of nitrogens with one attached hydrogen (secondary N) is 2. The molecule has 24 heavy (non-hydrogen) atoms. The topological polar surface area (TPSA) is 87.6 Å². The maximum atomic E-state index is 14.1. The number of H-pyrrole nitrogens is 2. The van der Waals surface area contributed by atoms with Crippen LogP contribution in [0.15, 0.2) is 39.7 Å². The fourth-order valence-corrected chi connectivity index (χ4v) is 2.61. The Morgan fingerprint density at radius 2 is 2.04 bits per heavy atom. The second kappa shape index (κ2) is 5.27. The molecule has 0 aliphatic rings. The zero-order chi connectivity index (χ0) is 16.8. The van der Waals surface area contributed by atoms with Gasteiger partial charge in [0.2, 0.25) is 0 Å². The maximum Gasteiger partial charge on any atom is 0.434 e. The van der Waals surface area contributed by atoms with Crippen LogP contribution in [0.2, 0.25) is 5.02 Å². The van der Waals surface area contributed by atoms with E-state index in [0.717, 1.165) is 12.1 Å². The molecular weight excluding hydrogens is 342 g/mol. The lowest BCUT2D eigenvalue weighted by atomic mass is 10.1. The van der Waals surface area contributed by atoms with Crippen molar-refractivity contribution in [3.05, 3.63) is 57.7 Å². The molecule has 0 bridgehead atoms. The number of fused-ring (bicyclic) bond motifs is 1. The Bertz CT molecular complexity index is 1110. The average molecular weight is 349 g/mol. The predicted molar refractivity (Wildman–Crippen MR) is 82.6 cm³/mol. The monoisotopic (exact) mass is 348 g/mol. The number of nitrogens with zero attached hydrogens (tertiary/aromatic N) is 2. The molecule has 0 fully saturated rings. The Morgan fingerprint density at radius 3 is 2.71 bits per heavy atom. The average Bonchev–Trinajstić information content (AvgIpc) is 3.11.